The fraction of sp³-hybridized carbons (Fsp3) is 0.750. The van der Waals surface area contributed by atoms with Gasteiger partial charge in [0.15, 0.2) is 0 Å². The van der Waals surface area contributed by atoms with Gasteiger partial charge in [0.2, 0.25) is 0 Å². The van der Waals surface area contributed by atoms with E-state index in [9.17, 15) is 9.59 Å². The maximum atomic E-state index is 11.1. The van der Waals surface area contributed by atoms with Crippen LogP contribution in [0.25, 0.3) is 0 Å². The van der Waals surface area contributed by atoms with Gasteiger partial charge in [0, 0.05) is 0 Å². The van der Waals surface area contributed by atoms with Crippen molar-refractivity contribution in [2.24, 2.45) is 11.8 Å². The maximum Gasteiger partial charge on any atom is 0.317 e. The molecule has 0 aromatic rings. The van der Waals surface area contributed by atoms with Crippen LogP contribution in [0, 0.1) is 11.8 Å². The van der Waals surface area contributed by atoms with E-state index in [1.807, 2.05) is 0 Å². The number of carbonyl (C=O) groups excluding carboxylic acids is 2. The van der Waals surface area contributed by atoms with E-state index in [0.717, 1.165) is 0 Å². The van der Waals surface area contributed by atoms with Gasteiger partial charge >= 0.3 is 11.9 Å². The van der Waals surface area contributed by atoms with Crippen LogP contribution in [-0.2, 0) is 19.1 Å². The fourth-order valence-electron chi connectivity index (χ4n) is 2.19. The highest BCUT2D eigenvalue weighted by Gasteiger charge is 2.57. The summed E-state index contributed by atoms with van der Waals surface area (Å²) in [6.07, 6.45) is 1.81. The second kappa shape index (κ2) is 1.88. The molecule has 4 atom stereocenters. The van der Waals surface area contributed by atoms with Crippen molar-refractivity contribution in [2.45, 2.75) is 25.0 Å². The molecule has 3 aliphatic rings. The summed E-state index contributed by atoms with van der Waals surface area (Å²) in [6, 6.07) is 0. The molecule has 4 nitrogen and oxygen atoms in total. The molecule has 0 unspecified atom stereocenters. The lowest BCUT2D eigenvalue weighted by Gasteiger charge is -2.14. The van der Waals surface area contributed by atoms with Crippen LogP contribution in [-0.4, -0.2) is 24.1 Å². The largest absolute Gasteiger partial charge is 0.393 e. The molecule has 3 rings (SSSR count). The fourth-order valence-corrected chi connectivity index (χ4v) is 2.19. The number of ether oxygens (including phenoxy) is 2. The van der Waals surface area contributed by atoms with Crippen molar-refractivity contribution in [1.29, 1.82) is 0 Å². The number of epoxide rings is 1. The summed E-state index contributed by atoms with van der Waals surface area (Å²) in [7, 11) is 0. The zero-order valence-electron chi connectivity index (χ0n) is 6.36. The predicted octanol–water partition coefficient (Wildman–Crippen LogP) is -0.137. The molecule has 2 saturated heterocycles. The van der Waals surface area contributed by atoms with Gasteiger partial charge in [-0.2, -0.15) is 0 Å². The number of hydrogen-bond donors (Lipinski definition) is 0. The van der Waals surface area contributed by atoms with Crippen LogP contribution in [0.2, 0.25) is 0 Å². The first-order valence-electron chi connectivity index (χ1n) is 4.16. The van der Waals surface area contributed by atoms with Crippen molar-refractivity contribution < 1.29 is 19.1 Å². The van der Waals surface area contributed by atoms with Crippen molar-refractivity contribution in [3.05, 3.63) is 0 Å². The summed E-state index contributed by atoms with van der Waals surface area (Å²) in [5.74, 6) is -1.11. The predicted molar refractivity (Wildman–Crippen MR) is 36.0 cm³/mol. The second-order valence-electron chi connectivity index (χ2n) is 3.64. The molecule has 0 spiro atoms. The Morgan fingerprint density at radius 2 is 1.50 bits per heavy atom. The number of hydrogen-bond acceptors (Lipinski definition) is 4. The highest BCUT2D eigenvalue weighted by atomic mass is 16.6. The molecular formula is C8H8O4. The molecule has 0 aromatic heterocycles. The van der Waals surface area contributed by atoms with E-state index < -0.39 is 0 Å². The third-order valence-corrected chi connectivity index (χ3v) is 2.95. The summed E-state index contributed by atoms with van der Waals surface area (Å²) >= 11 is 0. The molecule has 0 bridgehead atoms. The lowest BCUT2D eigenvalue weighted by Crippen LogP contribution is -2.26. The minimum atomic E-state index is -0.348. The maximum absolute atomic E-state index is 11.1. The van der Waals surface area contributed by atoms with Crippen molar-refractivity contribution in [2.75, 3.05) is 0 Å². The van der Waals surface area contributed by atoms with Gasteiger partial charge in [-0.3, -0.25) is 9.59 Å². The summed E-state index contributed by atoms with van der Waals surface area (Å²) in [6.45, 7) is 0. The lowest BCUT2D eigenvalue weighted by atomic mass is 9.81. The van der Waals surface area contributed by atoms with E-state index in [-0.39, 0.29) is 36.0 Å². The average molecular weight is 168 g/mol. The molecule has 64 valence electrons. The summed E-state index contributed by atoms with van der Waals surface area (Å²) in [5, 5.41) is 0. The number of rotatable bonds is 0. The van der Waals surface area contributed by atoms with Crippen LogP contribution in [0.5, 0.6) is 0 Å². The van der Waals surface area contributed by atoms with Gasteiger partial charge < -0.3 is 9.47 Å². The Morgan fingerprint density at radius 1 is 1.00 bits per heavy atom. The molecule has 1 saturated carbocycles. The van der Waals surface area contributed by atoms with Crippen LogP contribution < -0.4 is 0 Å². The van der Waals surface area contributed by atoms with E-state index in [1.54, 1.807) is 0 Å². The highest BCUT2D eigenvalue weighted by molar-refractivity contribution is 5.96. The molecule has 0 N–H and O–H groups in total. The van der Waals surface area contributed by atoms with Crippen molar-refractivity contribution in [1.82, 2.24) is 0 Å². The second-order valence-corrected chi connectivity index (χ2v) is 3.64. The molecule has 4 heteroatoms. The standard InChI is InChI=1S/C8H8O4/c9-7-3-1-5-6(11-5)2-4(3)8(10)12-7/h3-6H,1-2H2/t3-,4+,5+,6-. The van der Waals surface area contributed by atoms with E-state index in [4.69, 9.17) is 4.74 Å². The molecule has 0 amide bonds. The zero-order chi connectivity index (χ0) is 8.29. The third kappa shape index (κ3) is 0.705. The quantitative estimate of drug-likeness (QED) is 0.287. The SMILES string of the molecule is O=C1OC(=O)[C@@H]2C[C@@H]3O[C@@H]3C[C@H]12. The number of fused-ring (bicyclic) bond motifs is 2. The highest BCUT2D eigenvalue weighted by Crippen LogP contribution is 2.46. The van der Waals surface area contributed by atoms with Gasteiger partial charge in [-0.25, -0.2) is 0 Å². The van der Waals surface area contributed by atoms with Crippen molar-refractivity contribution >= 4 is 11.9 Å². The van der Waals surface area contributed by atoms with Crippen LogP contribution in [0.1, 0.15) is 12.8 Å². The normalized spacial score (nSPS) is 49.7. The summed E-state index contributed by atoms with van der Waals surface area (Å²) in [4.78, 5) is 22.2. The van der Waals surface area contributed by atoms with E-state index in [2.05, 4.69) is 4.74 Å². The van der Waals surface area contributed by atoms with Gasteiger partial charge in [-0.05, 0) is 12.8 Å². The van der Waals surface area contributed by atoms with Crippen LogP contribution in [0.15, 0.2) is 0 Å². The van der Waals surface area contributed by atoms with Crippen LogP contribution in [0.4, 0.5) is 0 Å². The average Bonchev–Trinajstić information content (AvgIpc) is 2.73. The lowest BCUT2D eigenvalue weighted by molar-refractivity contribution is -0.153. The van der Waals surface area contributed by atoms with Gasteiger partial charge in [0.1, 0.15) is 0 Å². The first kappa shape index (κ1) is 6.60. The number of esters is 2. The van der Waals surface area contributed by atoms with Crippen LogP contribution >= 0.6 is 0 Å². The van der Waals surface area contributed by atoms with E-state index in [0.29, 0.717) is 12.8 Å². The Labute approximate surface area is 68.8 Å². The minimum Gasteiger partial charge on any atom is -0.393 e. The van der Waals surface area contributed by atoms with Gasteiger partial charge in [-0.15, -0.1) is 0 Å². The zero-order valence-corrected chi connectivity index (χ0v) is 6.36. The Morgan fingerprint density at radius 3 is 2.00 bits per heavy atom. The van der Waals surface area contributed by atoms with Gasteiger partial charge in [0.25, 0.3) is 0 Å². The Bertz CT molecular complexity index is 246. The van der Waals surface area contributed by atoms with Crippen LogP contribution in [0.3, 0.4) is 0 Å². The topological polar surface area (TPSA) is 55.9 Å². The minimum absolute atomic E-state index is 0.207. The molecule has 0 radical (unpaired) electrons. The Kier molecular flexibility index (Phi) is 1.03. The molecule has 2 aliphatic heterocycles. The Hall–Kier alpha value is -0.900. The Balaban J connectivity index is 1.90. The van der Waals surface area contributed by atoms with E-state index >= 15 is 0 Å². The molecule has 0 aromatic carbocycles. The molecule has 2 heterocycles. The van der Waals surface area contributed by atoms with Gasteiger partial charge in [0.05, 0.1) is 24.0 Å². The first-order valence-corrected chi connectivity index (χ1v) is 4.16. The molecule has 3 fully saturated rings. The third-order valence-electron chi connectivity index (χ3n) is 2.95. The number of cyclic esters (lactones) is 2. The summed E-state index contributed by atoms with van der Waals surface area (Å²) in [5.41, 5.74) is 0. The molecule has 1 aliphatic carbocycles. The number of carbonyl (C=O) groups is 2. The monoisotopic (exact) mass is 168 g/mol. The summed E-state index contributed by atoms with van der Waals surface area (Å²) < 4.78 is 9.79. The van der Waals surface area contributed by atoms with E-state index in [1.165, 1.54) is 0 Å². The van der Waals surface area contributed by atoms with Crippen molar-refractivity contribution in [3.8, 4) is 0 Å². The van der Waals surface area contributed by atoms with Gasteiger partial charge in [-0.1, -0.05) is 0 Å². The van der Waals surface area contributed by atoms with Crippen molar-refractivity contribution in [3.63, 3.8) is 0 Å². The molecule has 12 heavy (non-hydrogen) atoms. The molecular weight excluding hydrogens is 160 g/mol. The first-order chi connectivity index (χ1) is 5.75. The smallest absolute Gasteiger partial charge is 0.317 e.